The van der Waals surface area contributed by atoms with E-state index in [0.717, 1.165) is 0 Å². The lowest BCUT2D eigenvalue weighted by Gasteiger charge is -2.29. The van der Waals surface area contributed by atoms with Crippen molar-refractivity contribution in [1.29, 1.82) is 5.26 Å². The first-order valence-corrected chi connectivity index (χ1v) is 6.16. The fraction of sp³-hybridized carbons (Fsp3) is 0.308. The van der Waals surface area contributed by atoms with Gasteiger partial charge in [-0.2, -0.15) is 10.4 Å². The Morgan fingerprint density at radius 1 is 1.62 bits per heavy atom. The van der Waals surface area contributed by atoms with E-state index in [0.29, 0.717) is 11.8 Å². The minimum Gasteiger partial charge on any atom is -0.512 e. The number of hydrogen-bond acceptors (Lipinski definition) is 6. The van der Waals surface area contributed by atoms with Crippen LogP contribution in [0.2, 0.25) is 0 Å². The van der Waals surface area contributed by atoms with Gasteiger partial charge < -0.3 is 15.6 Å². The molecular formula is C13H12FN5O2. The Balaban J connectivity index is 2.29. The first kappa shape index (κ1) is 13.2. The van der Waals surface area contributed by atoms with E-state index < -0.39 is 11.3 Å². The highest BCUT2D eigenvalue weighted by molar-refractivity contribution is 5.66. The Morgan fingerprint density at radius 3 is 3.00 bits per heavy atom. The number of nitrogens with two attached hydrogens (primary N) is 1. The van der Waals surface area contributed by atoms with Crippen LogP contribution in [-0.4, -0.2) is 25.4 Å². The summed E-state index contributed by atoms with van der Waals surface area (Å²) >= 11 is 0. The van der Waals surface area contributed by atoms with Crippen LogP contribution in [0.4, 0.5) is 10.2 Å². The van der Waals surface area contributed by atoms with Gasteiger partial charge in [0.05, 0.1) is 0 Å². The Morgan fingerprint density at radius 2 is 2.38 bits per heavy atom. The average molecular weight is 289 g/mol. The molecule has 1 fully saturated rings. The fourth-order valence-corrected chi connectivity index (χ4v) is 2.60. The lowest BCUT2D eigenvalue weighted by atomic mass is 9.84. The summed E-state index contributed by atoms with van der Waals surface area (Å²) in [5, 5.41) is 22.6. The molecule has 2 aromatic rings. The Hall–Kier alpha value is -2.82. The van der Waals surface area contributed by atoms with Gasteiger partial charge in [-0.25, -0.2) is 13.9 Å². The van der Waals surface area contributed by atoms with Crippen molar-refractivity contribution in [2.24, 2.45) is 0 Å². The monoisotopic (exact) mass is 289 g/mol. The highest BCUT2D eigenvalue weighted by atomic mass is 19.1. The Bertz CT molecular complexity index is 791. The van der Waals surface area contributed by atoms with Crippen molar-refractivity contribution in [3.63, 3.8) is 0 Å². The molecule has 1 aliphatic rings. The van der Waals surface area contributed by atoms with Crippen molar-refractivity contribution in [2.75, 3.05) is 5.73 Å². The largest absolute Gasteiger partial charge is 0.512 e. The van der Waals surface area contributed by atoms with Crippen LogP contribution >= 0.6 is 0 Å². The molecule has 1 aliphatic heterocycles. The van der Waals surface area contributed by atoms with Crippen LogP contribution in [0.5, 0.6) is 0 Å². The van der Waals surface area contributed by atoms with Crippen molar-refractivity contribution in [2.45, 2.75) is 24.6 Å². The second kappa shape index (κ2) is 4.09. The zero-order valence-corrected chi connectivity index (χ0v) is 11.1. The third-order valence-electron chi connectivity index (χ3n) is 3.67. The number of aliphatic hydroxyl groups is 1. The molecule has 21 heavy (non-hydrogen) atoms. The number of nitrogen functional groups attached to an aromatic ring is 1. The van der Waals surface area contributed by atoms with Gasteiger partial charge in [0.1, 0.15) is 35.6 Å². The SMILES string of the molecule is C[C@@]1(F)C/C(=C\O)O[C@@]1(C#N)c1ccc2c(N)ncnn12. The average Bonchev–Trinajstić information content (AvgIpc) is 2.98. The zero-order valence-electron chi connectivity index (χ0n) is 11.1. The van der Waals surface area contributed by atoms with Gasteiger partial charge in [-0.15, -0.1) is 0 Å². The molecule has 0 saturated carbocycles. The minimum atomic E-state index is -2.04. The van der Waals surface area contributed by atoms with Gasteiger partial charge in [0.2, 0.25) is 0 Å². The van der Waals surface area contributed by atoms with Gasteiger partial charge in [0.15, 0.2) is 11.5 Å². The molecule has 3 N–H and O–H groups in total. The van der Waals surface area contributed by atoms with Crippen LogP contribution < -0.4 is 5.73 Å². The molecule has 0 aromatic carbocycles. The van der Waals surface area contributed by atoms with E-state index in [9.17, 15) is 9.65 Å². The van der Waals surface area contributed by atoms with Crippen molar-refractivity contribution in [3.8, 4) is 6.07 Å². The number of aliphatic hydroxyl groups excluding tert-OH is 1. The molecule has 0 unspecified atom stereocenters. The minimum absolute atomic E-state index is 0.00136. The molecule has 0 aliphatic carbocycles. The molecule has 3 rings (SSSR count). The van der Waals surface area contributed by atoms with E-state index in [1.807, 2.05) is 6.07 Å². The number of hydrogen-bond donors (Lipinski definition) is 2. The number of nitrogens with zero attached hydrogens (tertiary/aromatic N) is 4. The third kappa shape index (κ3) is 1.57. The maximum atomic E-state index is 15.0. The van der Waals surface area contributed by atoms with Gasteiger partial charge >= 0.3 is 0 Å². The van der Waals surface area contributed by atoms with E-state index in [2.05, 4.69) is 10.1 Å². The van der Waals surface area contributed by atoms with E-state index in [1.165, 1.54) is 23.8 Å². The van der Waals surface area contributed by atoms with Crippen LogP contribution in [0.1, 0.15) is 19.0 Å². The summed E-state index contributed by atoms with van der Waals surface area (Å²) in [4.78, 5) is 3.84. The lowest BCUT2D eigenvalue weighted by molar-refractivity contribution is -0.0200. The van der Waals surface area contributed by atoms with Crippen molar-refractivity contribution < 1.29 is 14.2 Å². The zero-order chi connectivity index (χ0) is 15.3. The number of allylic oxidation sites excluding steroid dienone is 1. The van der Waals surface area contributed by atoms with E-state index in [1.54, 1.807) is 6.07 Å². The molecule has 2 aromatic heterocycles. The topological polar surface area (TPSA) is 109 Å². The first-order chi connectivity index (χ1) is 9.95. The Labute approximate surface area is 119 Å². The number of anilines is 1. The molecule has 108 valence electrons. The molecule has 7 nitrogen and oxygen atoms in total. The standard InChI is InChI=1S/C13H12FN5O2/c1-12(14)4-8(5-20)21-13(12,6-15)10-3-2-9-11(16)17-7-18-19(9)10/h2-3,5,7,20H,4H2,1H3,(H2,16,17,18)/b8-5+/t12-,13+/m1/s1. The number of rotatable bonds is 1. The lowest BCUT2D eigenvalue weighted by Crippen LogP contribution is -2.42. The second-order valence-corrected chi connectivity index (χ2v) is 5.03. The quantitative estimate of drug-likeness (QED) is 0.771. The van der Waals surface area contributed by atoms with Crippen LogP contribution in [0, 0.1) is 11.3 Å². The summed E-state index contributed by atoms with van der Waals surface area (Å²) in [7, 11) is 0. The summed E-state index contributed by atoms with van der Waals surface area (Å²) in [6.45, 7) is 1.25. The highest BCUT2D eigenvalue weighted by Gasteiger charge is 2.61. The number of aromatic nitrogens is 3. The molecule has 1 saturated heterocycles. The van der Waals surface area contributed by atoms with E-state index in [4.69, 9.17) is 15.6 Å². The molecule has 0 bridgehead atoms. The van der Waals surface area contributed by atoms with Gasteiger partial charge in [0, 0.05) is 6.42 Å². The maximum absolute atomic E-state index is 15.0. The number of ether oxygens (including phenoxy) is 1. The predicted octanol–water partition coefficient (Wildman–Crippen LogP) is 1.58. The maximum Gasteiger partial charge on any atom is 0.269 e. The second-order valence-electron chi connectivity index (χ2n) is 5.03. The fourth-order valence-electron chi connectivity index (χ4n) is 2.60. The van der Waals surface area contributed by atoms with Crippen molar-refractivity contribution in [1.82, 2.24) is 14.6 Å². The van der Waals surface area contributed by atoms with Gasteiger partial charge in [-0.3, -0.25) is 0 Å². The van der Waals surface area contributed by atoms with Crippen LogP contribution in [0.25, 0.3) is 5.52 Å². The van der Waals surface area contributed by atoms with E-state index in [-0.39, 0.29) is 23.7 Å². The van der Waals surface area contributed by atoms with Gasteiger partial charge in [0.25, 0.3) is 5.60 Å². The third-order valence-corrected chi connectivity index (χ3v) is 3.67. The first-order valence-electron chi connectivity index (χ1n) is 6.16. The number of fused-ring (bicyclic) bond motifs is 1. The molecular weight excluding hydrogens is 277 g/mol. The summed E-state index contributed by atoms with van der Waals surface area (Å²) in [6, 6.07) is 4.98. The van der Waals surface area contributed by atoms with Crippen LogP contribution in [0.15, 0.2) is 30.5 Å². The van der Waals surface area contributed by atoms with Crippen LogP contribution in [0.3, 0.4) is 0 Å². The molecule has 0 radical (unpaired) electrons. The number of nitriles is 1. The normalized spacial score (nSPS) is 30.4. The highest BCUT2D eigenvalue weighted by Crippen LogP contribution is 2.50. The van der Waals surface area contributed by atoms with Crippen LogP contribution in [-0.2, 0) is 10.3 Å². The summed E-state index contributed by atoms with van der Waals surface area (Å²) < 4.78 is 21.7. The van der Waals surface area contributed by atoms with Crippen molar-refractivity contribution in [3.05, 3.63) is 36.2 Å². The smallest absolute Gasteiger partial charge is 0.269 e. The molecule has 2 atom stereocenters. The van der Waals surface area contributed by atoms with Gasteiger partial charge in [-0.05, 0) is 19.1 Å². The Kier molecular flexibility index (Phi) is 2.56. The predicted molar refractivity (Wildman–Crippen MR) is 70.6 cm³/mol. The summed E-state index contributed by atoms with van der Waals surface area (Å²) in [5.74, 6) is 0.208. The van der Waals surface area contributed by atoms with E-state index >= 15 is 0 Å². The summed E-state index contributed by atoms with van der Waals surface area (Å²) in [5.41, 5.74) is 2.41. The number of halogens is 1. The molecule has 3 heterocycles. The number of alkyl halides is 1. The molecule has 8 heteroatoms. The van der Waals surface area contributed by atoms with Gasteiger partial charge in [-0.1, -0.05) is 0 Å². The molecule has 0 spiro atoms. The summed E-state index contributed by atoms with van der Waals surface area (Å²) in [6.07, 6.45) is 1.66. The molecule has 0 amide bonds. The van der Waals surface area contributed by atoms with Crippen molar-refractivity contribution >= 4 is 11.3 Å².